The van der Waals surface area contributed by atoms with Gasteiger partial charge in [-0.3, -0.25) is 5.41 Å². The molecule has 13 heteroatoms. The summed E-state index contributed by atoms with van der Waals surface area (Å²) in [5, 5.41) is 26.5. The number of nitrogens with two attached hydrogens (primary N) is 1. The summed E-state index contributed by atoms with van der Waals surface area (Å²) in [6.45, 7) is 0.659. The zero-order chi connectivity index (χ0) is 21.3. The summed E-state index contributed by atoms with van der Waals surface area (Å²) in [6.07, 6.45) is 0. The number of hydrogen-bond acceptors (Lipinski definition) is 8. The molecule has 0 unspecified atom stereocenters. The summed E-state index contributed by atoms with van der Waals surface area (Å²) >= 11 is 0.0691. The van der Waals surface area contributed by atoms with Crippen molar-refractivity contribution in [1.82, 2.24) is 25.9 Å². The van der Waals surface area contributed by atoms with Crippen LogP contribution in [0.4, 0.5) is 5.69 Å². The van der Waals surface area contributed by atoms with Crippen LogP contribution in [0.3, 0.4) is 0 Å². The maximum atomic E-state index is 13.1. The van der Waals surface area contributed by atoms with Crippen molar-refractivity contribution >= 4 is 33.2 Å². The SMILES string of the molecule is N=C(N)Nc1ccccc1-c1ccc(S(=O)(=O)C2CNC2)c([S+]=O)c1-c1nn[nH]n1. The van der Waals surface area contributed by atoms with Crippen molar-refractivity contribution in [2.45, 2.75) is 15.0 Å². The first kappa shape index (κ1) is 20.0. The average Bonchev–Trinajstić information content (AvgIpc) is 3.19. The van der Waals surface area contributed by atoms with Gasteiger partial charge in [-0.1, -0.05) is 24.3 Å². The molecule has 0 radical (unpaired) electrons. The van der Waals surface area contributed by atoms with Crippen LogP contribution in [0, 0.1) is 5.41 Å². The molecule has 30 heavy (non-hydrogen) atoms. The van der Waals surface area contributed by atoms with Crippen molar-refractivity contribution in [2.75, 3.05) is 18.4 Å². The van der Waals surface area contributed by atoms with Gasteiger partial charge < -0.3 is 16.4 Å². The fourth-order valence-corrected chi connectivity index (χ4v) is 5.75. The Bertz CT molecular complexity index is 1220. The number of tetrazole rings is 1. The Hall–Kier alpha value is -3.29. The van der Waals surface area contributed by atoms with Gasteiger partial charge in [-0.2, -0.15) is 5.21 Å². The van der Waals surface area contributed by atoms with Gasteiger partial charge in [0.25, 0.3) is 0 Å². The van der Waals surface area contributed by atoms with Crippen molar-refractivity contribution in [3.8, 4) is 22.5 Å². The average molecular weight is 446 g/mol. The van der Waals surface area contributed by atoms with Gasteiger partial charge in [-0.05, 0) is 17.3 Å². The highest BCUT2D eigenvalue weighted by atomic mass is 32.2. The first-order valence-electron chi connectivity index (χ1n) is 8.79. The van der Waals surface area contributed by atoms with Gasteiger partial charge in [-0.15, -0.1) is 10.2 Å². The molecule has 0 aliphatic carbocycles. The van der Waals surface area contributed by atoms with Crippen LogP contribution >= 0.6 is 0 Å². The van der Waals surface area contributed by atoms with Gasteiger partial charge >= 0.3 is 16.6 Å². The molecule has 1 saturated heterocycles. The van der Waals surface area contributed by atoms with Crippen LogP contribution in [0.1, 0.15) is 0 Å². The van der Waals surface area contributed by atoms with Gasteiger partial charge in [-0.25, -0.2) is 8.42 Å². The fraction of sp³-hybridized carbons (Fsp3) is 0.176. The van der Waals surface area contributed by atoms with Crippen molar-refractivity contribution in [2.24, 2.45) is 5.73 Å². The lowest BCUT2D eigenvalue weighted by Gasteiger charge is -2.26. The number of rotatable bonds is 6. The highest BCUT2D eigenvalue weighted by molar-refractivity contribution is 7.92. The van der Waals surface area contributed by atoms with Crippen LogP contribution in [0.15, 0.2) is 46.2 Å². The summed E-state index contributed by atoms with van der Waals surface area (Å²) < 4.78 is 38.3. The topological polar surface area (TPSA) is 180 Å². The Morgan fingerprint density at radius 1 is 1.20 bits per heavy atom. The smallest absolute Gasteiger partial charge is 0.370 e. The number of benzene rings is 2. The number of guanidine groups is 1. The lowest BCUT2D eigenvalue weighted by Crippen LogP contribution is -2.51. The maximum absolute atomic E-state index is 13.1. The molecule has 1 aliphatic heterocycles. The van der Waals surface area contributed by atoms with E-state index in [1.165, 1.54) is 6.07 Å². The zero-order valence-corrected chi connectivity index (χ0v) is 17.0. The third-order valence-electron chi connectivity index (χ3n) is 4.75. The third-order valence-corrected chi connectivity index (χ3v) is 7.63. The number of hydrogen-bond donors (Lipinski definition) is 5. The molecule has 6 N–H and O–H groups in total. The minimum atomic E-state index is -3.73. The van der Waals surface area contributed by atoms with E-state index in [9.17, 15) is 12.6 Å². The van der Waals surface area contributed by atoms with E-state index >= 15 is 0 Å². The van der Waals surface area contributed by atoms with Crippen LogP contribution in [-0.4, -0.2) is 53.3 Å². The van der Waals surface area contributed by atoms with Crippen LogP contribution in [0.25, 0.3) is 22.5 Å². The largest absolute Gasteiger partial charge is 0.507 e. The van der Waals surface area contributed by atoms with Gasteiger partial charge in [0.2, 0.25) is 5.82 Å². The van der Waals surface area contributed by atoms with E-state index in [2.05, 4.69) is 31.3 Å². The van der Waals surface area contributed by atoms with Crippen molar-refractivity contribution < 1.29 is 12.6 Å². The Morgan fingerprint density at radius 3 is 2.57 bits per heavy atom. The van der Waals surface area contributed by atoms with Crippen LogP contribution in [0.2, 0.25) is 0 Å². The van der Waals surface area contributed by atoms with E-state index in [1.807, 2.05) is 0 Å². The highest BCUT2D eigenvalue weighted by Gasteiger charge is 2.40. The van der Waals surface area contributed by atoms with E-state index in [-0.39, 0.29) is 38.8 Å². The lowest BCUT2D eigenvalue weighted by atomic mass is 9.97. The number of sulfone groups is 1. The predicted molar refractivity (Wildman–Crippen MR) is 111 cm³/mol. The molecule has 154 valence electrons. The molecule has 3 aromatic rings. The Balaban J connectivity index is 2.00. The van der Waals surface area contributed by atoms with Gasteiger partial charge in [0.15, 0.2) is 15.8 Å². The van der Waals surface area contributed by atoms with Gasteiger partial charge in [0, 0.05) is 34.1 Å². The minimum Gasteiger partial charge on any atom is -0.370 e. The van der Waals surface area contributed by atoms with Crippen LogP contribution in [0.5, 0.6) is 0 Å². The number of H-pyrrole nitrogens is 1. The third kappa shape index (κ3) is 3.42. The molecule has 0 spiro atoms. The van der Waals surface area contributed by atoms with E-state index in [1.54, 1.807) is 30.3 Å². The fourth-order valence-electron chi connectivity index (χ4n) is 3.22. The monoisotopic (exact) mass is 445 g/mol. The summed E-state index contributed by atoms with van der Waals surface area (Å²) in [5.41, 5.74) is 7.34. The number of aromatic amines is 1. The molecular weight excluding hydrogens is 428 g/mol. The molecular formula is C17H17N8O3S2+. The van der Waals surface area contributed by atoms with Gasteiger partial charge in [0.05, 0.1) is 5.25 Å². The molecule has 0 saturated carbocycles. The van der Waals surface area contributed by atoms with Crippen molar-refractivity contribution in [3.63, 3.8) is 0 Å². The molecule has 1 fully saturated rings. The number of aromatic nitrogens is 4. The van der Waals surface area contributed by atoms with Crippen LogP contribution in [-0.2, 0) is 25.7 Å². The standard InChI is InChI=1S/C17H17N8O3S2/c18-17(19)21-12-4-2-1-3-10(12)11-5-6-13(30(27,28)9-7-20-8-9)15(29-26)14(11)16-22-24-25-23-16/h1-6,9,20H,7-8H2,(H4,18,19,21)(H,22,23,24,25)/q+1. The summed E-state index contributed by atoms with van der Waals surface area (Å²) in [4.78, 5) is -0.0620. The molecule has 2 heterocycles. The second kappa shape index (κ2) is 7.85. The van der Waals surface area contributed by atoms with Crippen molar-refractivity contribution in [3.05, 3.63) is 36.4 Å². The molecule has 0 atom stereocenters. The number of anilines is 1. The summed E-state index contributed by atoms with van der Waals surface area (Å²) in [5.74, 6) is -0.177. The van der Waals surface area contributed by atoms with Gasteiger partial charge in [0.1, 0.15) is 10.5 Å². The normalized spacial score (nSPS) is 14.1. The number of nitrogens with one attached hydrogen (secondary N) is 4. The second-order valence-electron chi connectivity index (χ2n) is 6.54. The Morgan fingerprint density at radius 2 is 1.97 bits per heavy atom. The predicted octanol–water partition coefficient (Wildman–Crippen LogP) is 0.372. The molecule has 0 amide bonds. The van der Waals surface area contributed by atoms with E-state index in [0.29, 0.717) is 29.9 Å². The number of para-hydroxylation sites is 1. The quantitative estimate of drug-likeness (QED) is 0.203. The first-order valence-corrected chi connectivity index (χ1v) is 11.1. The minimum absolute atomic E-state index is 0.00146. The number of nitrogens with zero attached hydrogens (tertiary/aromatic N) is 3. The molecule has 1 aliphatic rings. The molecule has 2 aromatic carbocycles. The zero-order valence-electron chi connectivity index (χ0n) is 15.4. The molecule has 11 nitrogen and oxygen atoms in total. The molecule has 0 bridgehead atoms. The highest BCUT2D eigenvalue weighted by Crippen LogP contribution is 2.40. The molecule has 4 rings (SSSR count). The van der Waals surface area contributed by atoms with E-state index in [0.717, 1.165) is 0 Å². The Labute approximate surface area is 175 Å². The van der Waals surface area contributed by atoms with Crippen LogP contribution < -0.4 is 16.4 Å². The lowest BCUT2D eigenvalue weighted by molar-refractivity contribution is 0.494. The summed E-state index contributed by atoms with van der Waals surface area (Å²) in [7, 11) is -3.73. The molecule has 1 aromatic heterocycles. The van der Waals surface area contributed by atoms with Crippen molar-refractivity contribution in [1.29, 1.82) is 5.41 Å². The first-order chi connectivity index (χ1) is 14.4. The van der Waals surface area contributed by atoms with E-state index in [4.69, 9.17) is 11.1 Å². The maximum Gasteiger partial charge on any atom is 0.507 e. The second-order valence-corrected chi connectivity index (χ2v) is 9.32. The van der Waals surface area contributed by atoms with E-state index < -0.39 is 15.1 Å². The Kier molecular flexibility index (Phi) is 5.24. The summed E-state index contributed by atoms with van der Waals surface area (Å²) in [6, 6.07) is 10.0.